The molecule has 5 nitrogen and oxygen atoms in total. The Morgan fingerprint density at radius 2 is 2.38 bits per heavy atom. The van der Waals surface area contributed by atoms with Crippen LogP contribution < -0.4 is 5.73 Å². The number of aromatic nitrogens is 2. The Morgan fingerprint density at radius 3 is 3.00 bits per heavy atom. The normalized spacial score (nSPS) is 11.9. The van der Waals surface area contributed by atoms with Crippen LogP contribution in [0.3, 0.4) is 0 Å². The van der Waals surface area contributed by atoms with Crippen LogP contribution in [0, 0.1) is 6.92 Å². The molecule has 7 heteroatoms. The lowest BCUT2D eigenvalue weighted by molar-refractivity contribution is 0.317. The molecule has 0 saturated carbocycles. The molecule has 2 aromatic rings. The minimum absolute atomic E-state index is 0.168. The van der Waals surface area contributed by atoms with Crippen molar-refractivity contribution in [3.63, 3.8) is 0 Å². The Hall–Kier alpha value is -1.47. The van der Waals surface area contributed by atoms with E-state index in [0.717, 1.165) is 21.3 Å². The van der Waals surface area contributed by atoms with Crippen molar-refractivity contribution in [1.82, 2.24) is 9.97 Å². The third-order valence-corrected chi connectivity index (χ3v) is 3.79. The molecule has 0 amide bonds. The highest BCUT2D eigenvalue weighted by molar-refractivity contribution is 7.14. The van der Waals surface area contributed by atoms with Crippen molar-refractivity contribution in [2.24, 2.45) is 10.9 Å². The lowest BCUT2D eigenvalue weighted by atomic mass is 10.3. The second kappa shape index (κ2) is 4.58. The van der Waals surface area contributed by atoms with E-state index in [1.165, 1.54) is 11.3 Å². The predicted octanol–water partition coefficient (Wildman–Crippen LogP) is 1.86. The monoisotopic (exact) mass is 254 g/mol. The molecule has 2 aromatic heterocycles. The predicted molar refractivity (Wildman–Crippen MR) is 65.1 cm³/mol. The van der Waals surface area contributed by atoms with Gasteiger partial charge in [-0.25, -0.2) is 9.97 Å². The van der Waals surface area contributed by atoms with Crippen LogP contribution in [0.2, 0.25) is 0 Å². The number of thiazole rings is 2. The van der Waals surface area contributed by atoms with Gasteiger partial charge in [0.05, 0.1) is 28.2 Å². The molecule has 0 aliphatic heterocycles. The van der Waals surface area contributed by atoms with Crippen molar-refractivity contribution in [3.8, 4) is 10.6 Å². The molecule has 0 atom stereocenters. The number of nitrogens with two attached hydrogens (primary N) is 1. The minimum atomic E-state index is 0.168. The second-order valence-electron chi connectivity index (χ2n) is 3.16. The van der Waals surface area contributed by atoms with Gasteiger partial charge < -0.3 is 10.9 Å². The maximum absolute atomic E-state index is 8.46. The fraction of sp³-hybridized carbons (Fsp3) is 0.222. The lowest BCUT2D eigenvalue weighted by Gasteiger charge is -1.93. The molecule has 0 bridgehead atoms. The van der Waals surface area contributed by atoms with Gasteiger partial charge in [-0.2, -0.15) is 0 Å². The summed E-state index contributed by atoms with van der Waals surface area (Å²) < 4.78 is 0. The van der Waals surface area contributed by atoms with E-state index in [0.29, 0.717) is 6.42 Å². The average molecular weight is 254 g/mol. The van der Waals surface area contributed by atoms with Gasteiger partial charge in [-0.15, -0.1) is 22.7 Å². The third kappa shape index (κ3) is 2.20. The average Bonchev–Trinajstić information content (AvgIpc) is 2.86. The summed E-state index contributed by atoms with van der Waals surface area (Å²) in [6.45, 7) is 1.95. The van der Waals surface area contributed by atoms with Crippen LogP contribution >= 0.6 is 22.7 Å². The minimum Gasteiger partial charge on any atom is -0.409 e. The standard InChI is InChI=1S/C9H10N4OS2/c1-5-9(16-4-11-5)6-3-15-8(12-6)2-7(10)13-14/h3-4,14H,2H2,1H3,(H2,10,13). The molecule has 0 unspecified atom stereocenters. The van der Waals surface area contributed by atoms with E-state index in [1.807, 2.05) is 12.3 Å². The van der Waals surface area contributed by atoms with Crippen molar-refractivity contribution in [2.45, 2.75) is 13.3 Å². The molecular formula is C9H10N4OS2. The molecule has 0 radical (unpaired) electrons. The van der Waals surface area contributed by atoms with Gasteiger partial charge in [-0.3, -0.25) is 0 Å². The van der Waals surface area contributed by atoms with Crippen molar-refractivity contribution in [1.29, 1.82) is 0 Å². The first-order chi connectivity index (χ1) is 7.70. The van der Waals surface area contributed by atoms with Gasteiger partial charge in [0.1, 0.15) is 10.8 Å². The van der Waals surface area contributed by atoms with E-state index in [4.69, 9.17) is 10.9 Å². The summed E-state index contributed by atoms with van der Waals surface area (Å²) in [4.78, 5) is 9.66. The number of nitrogens with zero attached hydrogens (tertiary/aromatic N) is 3. The van der Waals surface area contributed by atoms with E-state index in [9.17, 15) is 0 Å². The van der Waals surface area contributed by atoms with Crippen molar-refractivity contribution >= 4 is 28.5 Å². The highest BCUT2D eigenvalue weighted by Gasteiger charge is 2.10. The van der Waals surface area contributed by atoms with E-state index >= 15 is 0 Å². The maximum atomic E-state index is 8.46. The van der Waals surface area contributed by atoms with Gasteiger partial charge in [0.2, 0.25) is 0 Å². The third-order valence-electron chi connectivity index (χ3n) is 1.99. The first-order valence-electron chi connectivity index (χ1n) is 4.52. The number of rotatable bonds is 3. The number of aryl methyl sites for hydroxylation is 1. The van der Waals surface area contributed by atoms with Gasteiger partial charge in [-0.05, 0) is 6.92 Å². The van der Waals surface area contributed by atoms with Crippen LogP contribution in [0.25, 0.3) is 10.6 Å². The molecule has 0 spiro atoms. The molecule has 2 heterocycles. The molecule has 84 valence electrons. The van der Waals surface area contributed by atoms with E-state index in [-0.39, 0.29) is 5.84 Å². The van der Waals surface area contributed by atoms with Crippen LogP contribution in [0.1, 0.15) is 10.7 Å². The summed E-state index contributed by atoms with van der Waals surface area (Å²) in [5.41, 5.74) is 9.10. The topological polar surface area (TPSA) is 84.4 Å². The Morgan fingerprint density at radius 1 is 1.56 bits per heavy atom. The molecule has 2 rings (SSSR count). The zero-order valence-corrected chi connectivity index (χ0v) is 10.2. The van der Waals surface area contributed by atoms with Gasteiger partial charge >= 0.3 is 0 Å². The molecule has 3 N–H and O–H groups in total. The Balaban J connectivity index is 2.23. The van der Waals surface area contributed by atoms with E-state index in [1.54, 1.807) is 16.8 Å². The fourth-order valence-electron chi connectivity index (χ4n) is 1.23. The van der Waals surface area contributed by atoms with E-state index < -0.39 is 0 Å². The van der Waals surface area contributed by atoms with Crippen LogP contribution in [0.5, 0.6) is 0 Å². The molecule has 0 aliphatic carbocycles. The van der Waals surface area contributed by atoms with Crippen LogP contribution in [0.4, 0.5) is 0 Å². The summed E-state index contributed by atoms with van der Waals surface area (Å²) in [7, 11) is 0. The zero-order chi connectivity index (χ0) is 11.5. The summed E-state index contributed by atoms with van der Waals surface area (Å²) >= 11 is 3.06. The SMILES string of the molecule is Cc1ncsc1-c1csc(C/C(N)=N\O)n1. The van der Waals surface area contributed by atoms with E-state index in [2.05, 4.69) is 15.1 Å². The largest absolute Gasteiger partial charge is 0.409 e. The molecule has 0 aliphatic rings. The summed E-state index contributed by atoms with van der Waals surface area (Å²) in [6.07, 6.45) is 0.374. The van der Waals surface area contributed by atoms with Gasteiger partial charge in [0, 0.05) is 5.38 Å². The van der Waals surface area contributed by atoms with Gasteiger partial charge in [0.15, 0.2) is 0 Å². The Labute approximate surface area is 100 Å². The number of hydrogen-bond donors (Lipinski definition) is 2. The summed E-state index contributed by atoms with van der Waals surface area (Å²) in [5, 5.41) is 14.2. The Bertz CT molecular complexity index is 517. The smallest absolute Gasteiger partial charge is 0.146 e. The van der Waals surface area contributed by atoms with Gasteiger partial charge in [-0.1, -0.05) is 5.16 Å². The number of oxime groups is 1. The van der Waals surface area contributed by atoms with Crippen LogP contribution in [-0.2, 0) is 6.42 Å². The quantitative estimate of drug-likeness (QED) is 0.379. The van der Waals surface area contributed by atoms with Crippen LogP contribution in [-0.4, -0.2) is 21.0 Å². The molecular weight excluding hydrogens is 244 g/mol. The molecule has 0 aromatic carbocycles. The van der Waals surface area contributed by atoms with Gasteiger partial charge in [0.25, 0.3) is 0 Å². The zero-order valence-electron chi connectivity index (χ0n) is 8.54. The second-order valence-corrected chi connectivity index (χ2v) is 4.96. The molecule has 16 heavy (non-hydrogen) atoms. The maximum Gasteiger partial charge on any atom is 0.146 e. The first-order valence-corrected chi connectivity index (χ1v) is 6.28. The number of hydrogen-bond acceptors (Lipinski definition) is 6. The fourth-order valence-corrected chi connectivity index (χ4v) is 2.87. The van der Waals surface area contributed by atoms with Crippen LogP contribution in [0.15, 0.2) is 16.0 Å². The highest BCUT2D eigenvalue weighted by atomic mass is 32.1. The summed E-state index contributed by atoms with van der Waals surface area (Å²) in [5.74, 6) is 0.168. The van der Waals surface area contributed by atoms with Crippen molar-refractivity contribution < 1.29 is 5.21 Å². The lowest BCUT2D eigenvalue weighted by Crippen LogP contribution is -2.14. The molecule has 0 fully saturated rings. The summed E-state index contributed by atoms with van der Waals surface area (Å²) in [6, 6.07) is 0. The van der Waals surface area contributed by atoms with Crippen molar-refractivity contribution in [2.75, 3.05) is 0 Å². The highest BCUT2D eigenvalue weighted by Crippen LogP contribution is 2.28. The first kappa shape index (κ1) is 11.0. The molecule has 0 saturated heterocycles. The van der Waals surface area contributed by atoms with Crippen molar-refractivity contribution in [3.05, 3.63) is 21.6 Å². The number of amidine groups is 1. The Kier molecular flexibility index (Phi) is 3.16.